The van der Waals surface area contributed by atoms with Crippen molar-refractivity contribution in [1.29, 1.82) is 0 Å². The van der Waals surface area contributed by atoms with E-state index >= 15 is 0 Å². The van der Waals surface area contributed by atoms with Crippen molar-refractivity contribution < 1.29 is 8.60 Å². The number of aromatic nitrogens is 1. The standard InChI is InChI=1S/C17H13ClFNOS2/c18-16-4-2-1-3-13(16)10-23(21)11-15-9-22-17(20-15)12-5-7-14(19)8-6-12/h1-9H,10-11H2. The third kappa shape index (κ3) is 4.25. The van der Waals surface area contributed by atoms with E-state index in [2.05, 4.69) is 4.98 Å². The highest BCUT2D eigenvalue weighted by atomic mass is 35.5. The second-order valence-electron chi connectivity index (χ2n) is 4.97. The Kier molecular flexibility index (Phi) is 5.20. The fraction of sp³-hybridized carbons (Fsp3) is 0.118. The van der Waals surface area contributed by atoms with Crippen LogP contribution in [0.15, 0.2) is 53.9 Å². The Bertz CT molecular complexity index is 833. The lowest BCUT2D eigenvalue weighted by Gasteiger charge is -2.03. The van der Waals surface area contributed by atoms with Gasteiger partial charge < -0.3 is 0 Å². The fourth-order valence-electron chi connectivity index (χ4n) is 2.10. The first-order valence-electron chi connectivity index (χ1n) is 6.90. The van der Waals surface area contributed by atoms with Crippen molar-refractivity contribution in [3.05, 3.63) is 76.0 Å². The molecule has 0 N–H and O–H groups in total. The molecule has 0 aliphatic carbocycles. The average molecular weight is 366 g/mol. The Balaban J connectivity index is 1.68. The van der Waals surface area contributed by atoms with Gasteiger partial charge in [-0.3, -0.25) is 4.21 Å². The number of nitrogens with zero attached hydrogens (tertiary/aromatic N) is 1. The maximum absolute atomic E-state index is 13.0. The van der Waals surface area contributed by atoms with E-state index in [1.807, 2.05) is 23.6 Å². The minimum atomic E-state index is -1.08. The first kappa shape index (κ1) is 16.3. The summed E-state index contributed by atoms with van der Waals surface area (Å²) in [5, 5.41) is 3.32. The number of hydrogen-bond acceptors (Lipinski definition) is 3. The summed E-state index contributed by atoms with van der Waals surface area (Å²) in [6.07, 6.45) is 0. The molecular weight excluding hydrogens is 353 g/mol. The summed E-state index contributed by atoms with van der Waals surface area (Å²) in [5.74, 6) is 0.512. The molecule has 1 atom stereocenters. The Morgan fingerprint density at radius 1 is 1.09 bits per heavy atom. The molecule has 0 aliphatic rings. The minimum absolute atomic E-state index is 0.272. The molecule has 1 heterocycles. The predicted octanol–water partition coefficient (Wildman–Crippen LogP) is 5.05. The number of hydrogen-bond donors (Lipinski definition) is 0. The van der Waals surface area contributed by atoms with Crippen LogP contribution in [0, 0.1) is 5.82 Å². The summed E-state index contributed by atoms with van der Waals surface area (Å²) in [6.45, 7) is 0. The minimum Gasteiger partial charge on any atom is -0.259 e. The van der Waals surface area contributed by atoms with Crippen molar-refractivity contribution in [2.24, 2.45) is 0 Å². The maximum Gasteiger partial charge on any atom is 0.123 e. The van der Waals surface area contributed by atoms with Crippen LogP contribution in [0.1, 0.15) is 11.3 Å². The number of halogens is 2. The Hall–Kier alpha value is -1.56. The molecule has 2 nitrogen and oxygen atoms in total. The lowest BCUT2D eigenvalue weighted by atomic mass is 10.2. The van der Waals surface area contributed by atoms with Crippen molar-refractivity contribution >= 4 is 33.7 Å². The van der Waals surface area contributed by atoms with Crippen LogP contribution in [0.5, 0.6) is 0 Å². The number of rotatable bonds is 5. The summed E-state index contributed by atoms with van der Waals surface area (Å²) in [5.41, 5.74) is 2.51. The second-order valence-corrected chi connectivity index (χ2v) is 7.69. The third-order valence-electron chi connectivity index (χ3n) is 3.23. The summed E-state index contributed by atoms with van der Waals surface area (Å²) >= 11 is 7.56. The Morgan fingerprint density at radius 2 is 1.83 bits per heavy atom. The molecule has 0 saturated heterocycles. The number of benzene rings is 2. The van der Waals surface area contributed by atoms with Gasteiger partial charge in [0.25, 0.3) is 0 Å². The summed E-state index contributed by atoms with van der Waals surface area (Å²) in [6, 6.07) is 13.6. The van der Waals surface area contributed by atoms with E-state index in [1.54, 1.807) is 18.2 Å². The molecule has 0 spiro atoms. The second kappa shape index (κ2) is 7.34. The molecule has 1 aromatic heterocycles. The lowest BCUT2D eigenvalue weighted by molar-refractivity contribution is 0.628. The quantitative estimate of drug-likeness (QED) is 0.633. The van der Waals surface area contributed by atoms with Gasteiger partial charge in [-0.1, -0.05) is 29.8 Å². The fourth-order valence-corrected chi connectivity index (χ4v) is 4.49. The van der Waals surface area contributed by atoms with Gasteiger partial charge in [0.1, 0.15) is 10.8 Å². The molecule has 1 unspecified atom stereocenters. The Morgan fingerprint density at radius 3 is 2.57 bits per heavy atom. The SMILES string of the molecule is O=S(Cc1csc(-c2ccc(F)cc2)n1)Cc1ccccc1Cl. The highest BCUT2D eigenvalue weighted by Gasteiger charge is 2.10. The molecule has 0 amide bonds. The first-order valence-corrected chi connectivity index (χ1v) is 9.65. The highest BCUT2D eigenvalue weighted by molar-refractivity contribution is 7.83. The molecule has 0 saturated carbocycles. The molecule has 118 valence electrons. The van der Waals surface area contributed by atoms with Gasteiger partial charge in [0.05, 0.1) is 17.2 Å². The third-order valence-corrected chi connectivity index (χ3v) is 5.79. The monoisotopic (exact) mass is 365 g/mol. The van der Waals surface area contributed by atoms with E-state index in [0.29, 0.717) is 16.5 Å². The maximum atomic E-state index is 13.0. The van der Waals surface area contributed by atoms with Crippen molar-refractivity contribution in [3.8, 4) is 10.6 Å². The summed E-state index contributed by atoms with van der Waals surface area (Å²) in [4.78, 5) is 4.48. The zero-order chi connectivity index (χ0) is 16.2. The molecule has 23 heavy (non-hydrogen) atoms. The van der Waals surface area contributed by atoms with Crippen LogP contribution in [0.25, 0.3) is 10.6 Å². The molecule has 3 aromatic rings. The van der Waals surface area contributed by atoms with E-state index in [4.69, 9.17) is 11.6 Å². The van der Waals surface area contributed by atoms with E-state index in [1.165, 1.54) is 23.5 Å². The molecule has 6 heteroatoms. The van der Waals surface area contributed by atoms with Crippen molar-refractivity contribution in [2.45, 2.75) is 11.5 Å². The predicted molar refractivity (Wildman–Crippen MR) is 94.5 cm³/mol. The topological polar surface area (TPSA) is 30.0 Å². The van der Waals surface area contributed by atoms with Gasteiger partial charge in [-0.05, 0) is 35.9 Å². The lowest BCUT2D eigenvalue weighted by Crippen LogP contribution is -2.00. The summed E-state index contributed by atoms with van der Waals surface area (Å²) in [7, 11) is -1.08. The van der Waals surface area contributed by atoms with Gasteiger partial charge in [0.15, 0.2) is 0 Å². The molecule has 2 aromatic carbocycles. The van der Waals surface area contributed by atoms with Crippen molar-refractivity contribution in [1.82, 2.24) is 4.98 Å². The Labute approximate surface area is 145 Å². The number of thiazole rings is 1. The molecular formula is C17H13ClFNOS2. The van der Waals surface area contributed by atoms with Crippen LogP contribution in [-0.4, -0.2) is 9.19 Å². The van der Waals surface area contributed by atoms with E-state index in [-0.39, 0.29) is 5.82 Å². The van der Waals surface area contributed by atoms with Gasteiger partial charge >= 0.3 is 0 Å². The van der Waals surface area contributed by atoms with Gasteiger partial charge in [0, 0.05) is 26.8 Å². The van der Waals surface area contributed by atoms with E-state index in [0.717, 1.165) is 21.8 Å². The molecule has 0 bridgehead atoms. The van der Waals surface area contributed by atoms with Gasteiger partial charge in [-0.25, -0.2) is 9.37 Å². The van der Waals surface area contributed by atoms with Crippen molar-refractivity contribution in [2.75, 3.05) is 0 Å². The van der Waals surface area contributed by atoms with Crippen LogP contribution in [0.3, 0.4) is 0 Å². The van der Waals surface area contributed by atoms with E-state index < -0.39 is 10.8 Å². The molecule has 0 aliphatic heterocycles. The van der Waals surface area contributed by atoms with Crippen LogP contribution >= 0.6 is 22.9 Å². The van der Waals surface area contributed by atoms with Crippen molar-refractivity contribution in [3.63, 3.8) is 0 Å². The largest absolute Gasteiger partial charge is 0.259 e. The summed E-state index contributed by atoms with van der Waals surface area (Å²) < 4.78 is 25.2. The van der Waals surface area contributed by atoms with Gasteiger partial charge in [-0.2, -0.15) is 0 Å². The smallest absolute Gasteiger partial charge is 0.123 e. The first-order chi connectivity index (χ1) is 11.1. The highest BCUT2D eigenvalue weighted by Crippen LogP contribution is 2.25. The van der Waals surface area contributed by atoms with Gasteiger partial charge in [0.2, 0.25) is 0 Å². The van der Waals surface area contributed by atoms with Gasteiger partial charge in [-0.15, -0.1) is 11.3 Å². The van der Waals surface area contributed by atoms with Crippen LogP contribution < -0.4 is 0 Å². The van der Waals surface area contributed by atoms with Crippen LogP contribution in [0.2, 0.25) is 5.02 Å². The molecule has 0 radical (unpaired) electrons. The van der Waals surface area contributed by atoms with E-state index in [9.17, 15) is 8.60 Å². The van der Waals surface area contributed by atoms with Crippen LogP contribution in [0.4, 0.5) is 4.39 Å². The normalized spacial score (nSPS) is 12.3. The average Bonchev–Trinajstić information content (AvgIpc) is 2.98. The zero-order valence-electron chi connectivity index (χ0n) is 12.0. The molecule has 3 rings (SSSR count). The molecule has 0 fully saturated rings. The van der Waals surface area contributed by atoms with Crippen LogP contribution in [-0.2, 0) is 22.3 Å². The zero-order valence-corrected chi connectivity index (χ0v) is 14.4.